The molecule has 1 amide bonds. The molecule has 2 N–H and O–H groups in total. The van der Waals surface area contributed by atoms with Crippen molar-refractivity contribution in [3.63, 3.8) is 0 Å². The number of nitrogens with one attached hydrogen (secondary N) is 2. The highest BCUT2D eigenvalue weighted by Gasteiger charge is 2.53. The molecule has 14 nitrogen and oxygen atoms in total. The molecular formula is C59H64N8O6. The molecular weight excluding hydrogens is 917 g/mol. The first-order valence-electron chi connectivity index (χ1n) is 26.4. The summed E-state index contributed by atoms with van der Waals surface area (Å²) < 4.78 is 17.3. The zero-order valence-electron chi connectivity index (χ0n) is 42.3. The summed E-state index contributed by atoms with van der Waals surface area (Å²) in [5, 5.41) is 8.30. The SMILES string of the molecule is Cc1ccc2c3c(ccc2c1)C(=O)c1c(ccc2c1NC1(C)CC2OC(C)C1OC(=O)CCC(=O)NCCCCn1c(CN2CCC[C@H]2[C@@H]2CCCN2Cc2nc4ccccc4n2C)nc2ccccc21)C3=O. The number of aromatic nitrogens is 4. The Morgan fingerprint density at radius 3 is 2.25 bits per heavy atom. The van der Waals surface area contributed by atoms with E-state index in [0.717, 1.165) is 95.7 Å². The van der Waals surface area contributed by atoms with Crippen LogP contribution in [-0.4, -0.2) is 102 Å². The zero-order valence-corrected chi connectivity index (χ0v) is 42.3. The molecule has 3 fully saturated rings. The molecule has 14 heteroatoms. The minimum absolute atomic E-state index is 0.00162. The van der Waals surface area contributed by atoms with Gasteiger partial charge < -0.3 is 29.2 Å². The van der Waals surface area contributed by atoms with Crippen LogP contribution >= 0.6 is 0 Å². The van der Waals surface area contributed by atoms with Gasteiger partial charge in [0.05, 0.1) is 70.6 Å². The van der Waals surface area contributed by atoms with Gasteiger partial charge in [-0.05, 0) is 120 Å². The molecule has 5 aromatic carbocycles. The van der Waals surface area contributed by atoms with Crippen LogP contribution in [0.1, 0.15) is 132 Å². The van der Waals surface area contributed by atoms with E-state index in [0.29, 0.717) is 53.0 Å². The Morgan fingerprint density at radius 2 is 1.48 bits per heavy atom. The number of rotatable bonds is 14. The minimum Gasteiger partial charge on any atom is -0.457 e. The topological polar surface area (TPSA) is 153 Å². The summed E-state index contributed by atoms with van der Waals surface area (Å²) in [4.78, 5) is 70.8. The normalized spacial score (nSPS) is 23.7. The fraction of sp³-hybridized carbons (Fsp3) is 0.424. The molecule has 5 aliphatic rings. The molecule has 2 bridgehead atoms. The highest BCUT2D eigenvalue weighted by molar-refractivity contribution is 6.33. The number of amides is 1. The number of nitrogens with zero attached hydrogens (tertiary/aromatic N) is 6. The summed E-state index contributed by atoms with van der Waals surface area (Å²) in [5.74, 6) is 1.09. The molecule has 6 atom stereocenters. The second-order valence-corrected chi connectivity index (χ2v) is 21.5. The van der Waals surface area contributed by atoms with Crippen molar-refractivity contribution in [2.45, 2.75) is 134 Å². The number of unbranched alkanes of at least 4 members (excludes halogenated alkanes) is 1. The summed E-state index contributed by atoms with van der Waals surface area (Å²) in [6.45, 7) is 10.9. The van der Waals surface area contributed by atoms with Crippen molar-refractivity contribution in [1.29, 1.82) is 0 Å². The van der Waals surface area contributed by atoms with Gasteiger partial charge in [0.2, 0.25) is 5.91 Å². The van der Waals surface area contributed by atoms with Crippen molar-refractivity contribution in [3.8, 4) is 0 Å². The molecule has 0 saturated carbocycles. The van der Waals surface area contributed by atoms with Crippen LogP contribution in [0.15, 0.2) is 91.0 Å². The first kappa shape index (κ1) is 47.3. The van der Waals surface area contributed by atoms with Crippen LogP contribution in [0.3, 0.4) is 0 Å². The van der Waals surface area contributed by atoms with Gasteiger partial charge in [0, 0.05) is 67.3 Å². The van der Waals surface area contributed by atoms with Crippen molar-refractivity contribution in [2.75, 3.05) is 25.0 Å². The number of ether oxygens (including phenoxy) is 2. The van der Waals surface area contributed by atoms with Gasteiger partial charge >= 0.3 is 5.97 Å². The maximum absolute atomic E-state index is 14.4. The Morgan fingerprint density at radius 1 is 0.808 bits per heavy atom. The van der Waals surface area contributed by atoms with Gasteiger partial charge in [-0.25, -0.2) is 9.97 Å². The van der Waals surface area contributed by atoms with E-state index in [4.69, 9.17) is 19.4 Å². The van der Waals surface area contributed by atoms with E-state index in [1.165, 1.54) is 31.2 Å². The van der Waals surface area contributed by atoms with Crippen molar-refractivity contribution in [2.24, 2.45) is 7.05 Å². The molecule has 7 aromatic rings. The lowest BCUT2D eigenvalue weighted by molar-refractivity contribution is -0.183. The first-order valence-corrected chi connectivity index (χ1v) is 26.4. The highest BCUT2D eigenvalue weighted by atomic mass is 16.6. The Balaban J connectivity index is 0.644. The second-order valence-electron chi connectivity index (χ2n) is 21.5. The quantitative estimate of drug-likeness (QED) is 0.0793. The number of anilines is 1. The number of hydrogen-bond donors (Lipinski definition) is 2. The number of likely N-dealkylation sites (tertiary alicyclic amines) is 2. The third-order valence-electron chi connectivity index (χ3n) is 16.7. The minimum atomic E-state index is -0.808. The van der Waals surface area contributed by atoms with E-state index >= 15 is 0 Å². The number of esters is 1. The number of benzene rings is 5. The van der Waals surface area contributed by atoms with Crippen LogP contribution in [0.5, 0.6) is 0 Å². The summed E-state index contributed by atoms with van der Waals surface area (Å²) in [7, 11) is 2.14. The second kappa shape index (κ2) is 18.9. The number of imidazole rings is 2. The van der Waals surface area contributed by atoms with E-state index in [9.17, 15) is 19.2 Å². The largest absolute Gasteiger partial charge is 0.457 e. The van der Waals surface area contributed by atoms with E-state index in [1.807, 2.05) is 51.1 Å². The van der Waals surface area contributed by atoms with Gasteiger partial charge in [0.1, 0.15) is 11.6 Å². The smallest absolute Gasteiger partial charge is 0.306 e. The predicted octanol–water partition coefficient (Wildman–Crippen LogP) is 9.11. The monoisotopic (exact) mass is 980 g/mol. The van der Waals surface area contributed by atoms with Gasteiger partial charge in [-0.15, -0.1) is 0 Å². The number of ketones is 2. The Kier molecular flexibility index (Phi) is 12.3. The number of para-hydroxylation sites is 4. The Bertz CT molecular complexity index is 3360. The van der Waals surface area contributed by atoms with Crippen molar-refractivity contribution in [3.05, 3.63) is 136 Å². The maximum atomic E-state index is 14.4. The van der Waals surface area contributed by atoms with Crippen molar-refractivity contribution >= 4 is 62.0 Å². The lowest BCUT2D eigenvalue weighted by Gasteiger charge is -2.52. The van der Waals surface area contributed by atoms with Crippen LogP contribution in [0.2, 0.25) is 0 Å². The number of hydrogen-bond acceptors (Lipinski definition) is 11. The summed E-state index contributed by atoms with van der Waals surface area (Å²) in [6, 6.07) is 30.9. The fourth-order valence-corrected chi connectivity index (χ4v) is 13.1. The lowest BCUT2D eigenvalue weighted by atomic mass is 9.73. The van der Waals surface area contributed by atoms with Crippen LogP contribution in [-0.2, 0) is 45.7 Å². The van der Waals surface area contributed by atoms with E-state index in [1.54, 1.807) is 12.1 Å². The molecule has 2 aromatic heterocycles. The third-order valence-corrected chi connectivity index (χ3v) is 16.7. The zero-order chi connectivity index (χ0) is 50.1. The number of carbonyl (C=O) groups is 4. The molecule has 376 valence electrons. The Hall–Kier alpha value is -6.74. The van der Waals surface area contributed by atoms with Crippen LogP contribution in [0.25, 0.3) is 32.8 Å². The molecule has 3 saturated heterocycles. The van der Waals surface area contributed by atoms with E-state index in [-0.39, 0.29) is 36.4 Å². The molecule has 0 spiro atoms. The van der Waals surface area contributed by atoms with Gasteiger partial charge in [-0.1, -0.05) is 60.2 Å². The molecule has 1 aliphatic carbocycles. The van der Waals surface area contributed by atoms with E-state index in [2.05, 4.69) is 85.1 Å². The van der Waals surface area contributed by atoms with Gasteiger partial charge in [-0.3, -0.25) is 29.0 Å². The molecule has 12 rings (SSSR count). The number of aryl methyl sites for hydroxylation is 3. The number of carbonyl (C=O) groups excluding carboxylic acids is 4. The molecule has 0 radical (unpaired) electrons. The summed E-state index contributed by atoms with van der Waals surface area (Å²) in [5.41, 5.74) is 7.46. The third kappa shape index (κ3) is 8.50. The number of fused-ring (bicyclic) bond motifs is 11. The fourth-order valence-electron chi connectivity index (χ4n) is 13.1. The van der Waals surface area contributed by atoms with E-state index < -0.39 is 23.7 Å². The predicted molar refractivity (Wildman–Crippen MR) is 281 cm³/mol. The van der Waals surface area contributed by atoms with Gasteiger partial charge in [0.25, 0.3) is 0 Å². The lowest BCUT2D eigenvalue weighted by Crippen LogP contribution is -2.61. The van der Waals surface area contributed by atoms with Gasteiger partial charge in [-0.2, -0.15) is 0 Å². The van der Waals surface area contributed by atoms with Crippen LogP contribution < -0.4 is 10.6 Å². The maximum Gasteiger partial charge on any atom is 0.306 e. The molecule has 4 unspecified atom stereocenters. The summed E-state index contributed by atoms with van der Waals surface area (Å²) >= 11 is 0. The molecule has 6 heterocycles. The average molecular weight is 981 g/mol. The van der Waals surface area contributed by atoms with Crippen LogP contribution in [0, 0.1) is 6.92 Å². The average Bonchev–Trinajstić information content (AvgIpc) is 4.19. The van der Waals surface area contributed by atoms with Gasteiger partial charge in [0.15, 0.2) is 17.7 Å². The Labute approximate surface area is 425 Å². The first-order chi connectivity index (χ1) is 35.4. The molecule has 73 heavy (non-hydrogen) atoms. The van der Waals surface area contributed by atoms with Crippen LogP contribution in [0.4, 0.5) is 5.69 Å². The highest BCUT2D eigenvalue weighted by Crippen LogP contribution is 2.50. The van der Waals surface area contributed by atoms with Crippen molar-refractivity contribution in [1.82, 2.24) is 34.2 Å². The molecule has 4 aliphatic heterocycles. The summed E-state index contributed by atoms with van der Waals surface area (Å²) in [6.07, 6.45) is 5.24. The standard InChI is InChI=1S/C59H64N8O6/c1-35-19-21-38-37(31-35)20-22-40-53(38)56(70)41-24-23-39-48-32-59(3,63-55(39)54(41)57(40)71)58(36(2)72-48)73-52(69)26-25-51(68)60-27-9-10-30-67-45-16-8-6-14-43(45)62-50(67)34-66-29-12-18-47(66)46-17-11-28-65(46)33-49-61-42-13-5-7-15-44(42)64(49)4/h5-8,13-16,19-24,31,36,46-48,58,63H,9-12,17-18,25-30,32-34H2,1-4H3,(H,60,68)/t36?,46-,47-,48?,58?,59?/m0/s1. The van der Waals surface area contributed by atoms with Crippen molar-refractivity contribution < 1.29 is 28.7 Å².